The van der Waals surface area contributed by atoms with Crippen LogP contribution in [0.15, 0.2) is 66.7 Å². The Morgan fingerprint density at radius 3 is 2.72 bits per heavy atom. The quantitative estimate of drug-likeness (QED) is 0.260. The van der Waals surface area contributed by atoms with Gasteiger partial charge in [0.05, 0.1) is 0 Å². The standard InChI is InChI=1S/C23H34ClN3.C2H6/c1-4-7-13-22(24)14-10-8-9-12-21-20-26-18-15-23(21)27(6-3)19-11-17-25-16-5-2;1-2/h6-8,10,13-15,18,20,25H,3-5,9,11-12,16-17,19H2,1-2H3;1-2H3/b10-8+,13-7-,22-14+;. The first kappa shape index (κ1) is 27.2. The highest BCUT2D eigenvalue weighted by Gasteiger charge is 2.08. The number of rotatable bonds is 14. The molecular weight excluding hydrogens is 378 g/mol. The third-order valence-corrected chi connectivity index (χ3v) is 4.32. The molecule has 1 heterocycles. The molecule has 0 aliphatic rings. The summed E-state index contributed by atoms with van der Waals surface area (Å²) in [5.41, 5.74) is 2.44. The van der Waals surface area contributed by atoms with Gasteiger partial charge in [0.1, 0.15) is 0 Å². The molecule has 29 heavy (non-hydrogen) atoms. The molecule has 0 unspecified atom stereocenters. The molecule has 1 aromatic rings. The van der Waals surface area contributed by atoms with E-state index < -0.39 is 0 Å². The van der Waals surface area contributed by atoms with Crippen LogP contribution in [0.4, 0.5) is 5.69 Å². The second-order valence-electron chi connectivity index (χ2n) is 6.31. The lowest BCUT2D eigenvalue weighted by Gasteiger charge is -2.23. The molecule has 0 atom stereocenters. The molecule has 0 saturated heterocycles. The van der Waals surface area contributed by atoms with Gasteiger partial charge in [-0.15, -0.1) is 0 Å². The number of halogens is 1. The van der Waals surface area contributed by atoms with E-state index >= 15 is 0 Å². The van der Waals surface area contributed by atoms with Gasteiger partial charge in [0.25, 0.3) is 0 Å². The second-order valence-corrected chi connectivity index (χ2v) is 6.75. The molecule has 0 bridgehead atoms. The molecule has 0 aliphatic carbocycles. The van der Waals surface area contributed by atoms with Gasteiger partial charge in [0.15, 0.2) is 0 Å². The zero-order chi connectivity index (χ0) is 21.7. The third-order valence-electron chi connectivity index (χ3n) is 4.07. The van der Waals surface area contributed by atoms with Crippen molar-refractivity contribution in [2.45, 2.75) is 59.8 Å². The molecule has 0 radical (unpaired) electrons. The highest BCUT2D eigenvalue weighted by molar-refractivity contribution is 6.31. The summed E-state index contributed by atoms with van der Waals surface area (Å²) in [5, 5.41) is 4.20. The summed E-state index contributed by atoms with van der Waals surface area (Å²) in [4.78, 5) is 6.53. The average Bonchev–Trinajstić information content (AvgIpc) is 2.76. The van der Waals surface area contributed by atoms with Crippen molar-refractivity contribution in [3.05, 3.63) is 72.2 Å². The maximum absolute atomic E-state index is 6.11. The molecule has 1 rings (SSSR count). The lowest BCUT2D eigenvalue weighted by molar-refractivity contribution is 0.640. The van der Waals surface area contributed by atoms with Crippen molar-refractivity contribution in [3.8, 4) is 0 Å². The lowest BCUT2D eigenvalue weighted by Crippen LogP contribution is -2.24. The molecule has 4 heteroatoms. The minimum Gasteiger partial charge on any atom is -0.348 e. The van der Waals surface area contributed by atoms with Crippen LogP contribution in [0.1, 0.15) is 58.9 Å². The normalized spacial score (nSPS) is 11.6. The van der Waals surface area contributed by atoms with E-state index in [0.717, 1.165) is 50.3 Å². The van der Waals surface area contributed by atoms with Gasteiger partial charge in [-0.05, 0) is 75.2 Å². The predicted octanol–water partition coefficient (Wildman–Crippen LogP) is 7.03. The minimum absolute atomic E-state index is 0.754. The Kier molecular flexibility index (Phi) is 18.2. The Morgan fingerprint density at radius 2 is 2.03 bits per heavy atom. The first-order valence-corrected chi connectivity index (χ1v) is 11.3. The summed E-state index contributed by atoms with van der Waals surface area (Å²) in [6, 6.07) is 2.08. The highest BCUT2D eigenvalue weighted by Crippen LogP contribution is 2.21. The summed E-state index contributed by atoms with van der Waals surface area (Å²) in [5.74, 6) is 0. The Bertz CT molecular complexity index is 620. The summed E-state index contributed by atoms with van der Waals surface area (Å²) >= 11 is 6.11. The molecule has 0 saturated carbocycles. The Labute approximate surface area is 184 Å². The maximum atomic E-state index is 6.11. The summed E-state index contributed by atoms with van der Waals surface area (Å²) in [6.45, 7) is 15.3. The molecule has 0 fully saturated rings. The van der Waals surface area contributed by atoms with Gasteiger partial charge in [0.2, 0.25) is 0 Å². The van der Waals surface area contributed by atoms with Crippen molar-refractivity contribution in [2.75, 3.05) is 24.5 Å². The van der Waals surface area contributed by atoms with Crippen LogP contribution in [-0.4, -0.2) is 24.6 Å². The number of hydrogen-bond donors (Lipinski definition) is 1. The fraction of sp³-hybridized carbons (Fsp3) is 0.480. The Balaban J connectivity index is 0.00000379. The number of nitrogens with zero attached hydrogens (tertiary/aromatic N) is 2. The van der Waals surface area contributed by atoms with E-state index in [-0.39, 0.29) is 0 Å². The molecule has 162 valence electrons. The molecule has 0 aromatic carbocycles. The molecule has 0 aliphatic heterocycles. The number of nitrogens with one attached hydrogen (secondary N) is 1. The van der Waals surface area contributed by atoms with E-state index in [2.05, 4.69) is 53.8 Å². The van der Waals surface area contributed by atoms with E-state index in [1.807, 2.05) is 50.7 Å². The first-order chi connectivity index (χ1) is 14.2. The fourth-order valence-corrected chi connectivity index (χ4v) is 2.82. The number of hydrogen-bond acceptors (Lipinski definition) is 3. The average molecular weight is 418 g/mol. The summed E-state index contributed by atoms with van der Waals surface area (Å²) < 4.78 is 0. The van der Waals surface area contributed by atoms with Gasteiger partial charge in [-0.1, -0.05) is 64.1 Å². The topological polar surface area (TPSA) is 28.2 Å². The van der Waals surface area contributed by atoms with Crippen LogP contribution >= 0.6 is 11.6 Å². The van der Waals surface area contributed by atoms with Crippen LogP contribution in [-0.2, 0) is 6.42 Å². The van der Waals surface area contributed by atoms with Gasteiger partial charge in [-0.25, -0.2) is 0 Å². The minimum atomic E-state index is 0.754. The number of aryl methyl sites for hydroxylation is 1. The van der Waals surface area contributed by atoms with Gasteiger partial charge < -0.3 is 10.2 Å². The number of allylic oxidation sites excluding steroid dienone is 6. The van der Waals surface area contributed by atoms with Crippen molar-refractivity contribution in [2.24, 2.45) is 0 Å². The lowest BCUT2D eigenvalue weighted by atomic mass is 10.1. The number of anilines is 1. The Hall–Kier alpha value is -1.84. The van der Waals surface area contributed by atoms with Crippen molar-refractivity contribution in [1.82, 2.24) is 10.3 Å². The Morgan fingerprint density at radius 1 is 1.24 bits per heavy atom. The number of aromatic nitrogens is 1. The van der Waals surface area contributed by atoms with Crippen LogP contribution in [0.25, 0.3) is 0 Å². The van der Waals surface area contributed by atoms with Crippen molar-refractivity contribution in [1.29, 1.82) is 0 Å². The van der Waals surface area contributed by atoms with Gasteiger partial charge in [-0.2, -0.15) is 0 Å². The largest absolute Gasteiger partial charge is 0.348 e. The van der Waals surface area contributed by atoms with Gasteiger partial charge >= 0.3 is 0 Å². The van der Waals surface area contributed by atoms with Crippen LogP contribution < -0.4 is 10.2 Å². The summed E-state index contributed by atoms with van der Waals surface area (Å²) in [6.07, 6.45) is 20.9. The first-order valence-electron chi connectivity index (χ1n) is 10.9. The van der Waals surface area contributed by atoms with E-state index in [1.54, 1.807) is 0 Å². The molecule has 0 amide bonds. The smallest absolute Gasteiger partial charge is 0.0469 e. The van der Waals surface area contributed by atoms with E-state index in [0.29, 0.717) is 0 Å². The van der Waals surface area contributed by atoms with Crippen molar-refractivity contribution >= 4 is 17.3 Å². The number of pyridine rings is 1. The molecular formula is C25H40ClN3. The maximum Gasteiger partial charge on any atom is 0.0469 e. The SMILES string of the molecule is C=CN(CCCNCCC)c1ccncc1CC/C=C/C=C(Cl)\C=C/CC.CC. The molecule has 1 N–H and O–H groups in total. The fourth-order valence-electron chi connectivity index (χ4n) is 2.66. The van der Waals surface area contributed by atoms with Crippen molar-refractivity contribution < 1.29 is 0 Å². The van der Waals surface area contributed by atoms with E-state index in [9.17, 15) is 0 Å². The van der Waals surface area contributed by atoms with Gasteiger partial charge in [-0.3, -0.25) is 4.98 Å². The van der Waals surface area contributed by atoms with Crippen LogP contribution in [0.3, 0.4) is 0 Å². The summed E-state index contributed by atoms with van der Waals surface area (Å²) in [7, 11) is 0. The monoisotopic (exact) mass is 417 g/mol. The highest BCUT2D eigenvalue weighted by atomic mass is 35.5. The third kappa shape index (κ3) is 13.1. The zero-order valence-corrected chi connectivity index (χ0v) is 19.6. The van der Waals surface area contributed by atoms with Gasteiger partial charge in [0, 0.05) is 29.7 Å². The van der Waals surface area contributed by atoms with Crippen molar-refractivity contribution in [3.63, 3.8) is 0 Å². The molecule has 0 spiro atoms. The van der Waals surface area contributed by atoms with E-state index in [1.165, 1.54) is 17.7 Å². The molecule has 1 aromatic heterocycles. The van der Waals surface area contributed by atoms with Crippen LogP contribution in [0.5, 0.6) is 0 Å². The molecule has 3 nitrogen and oxygen atoms in total. The van der Waals surface area contributed by atoms with E-state index in [4.69, 9.17) is 11.6 Å². The van der Waals surface area contributed by atoms with Crippen LogP contribution in [0.2, 0.25) is 0 Å². The van der Waals surface area contributed by atoms with Crippen LogP contribution in [0, 0.1) is 0 Å². The predicted molar refractivity (Wildman–Crippen MR) is 132 cm³/mol. The second kappa shape index (κ2) is 19.5. The zero-order valence-electron chi connectivity index (χ0n) is 18.8.